The van der Waals surface area contributed by atoms with Crippen LogP contribution in [0.4, 0.5) is 4.39 Å². The molecule has 0 saturated heterocycles. The van der Waals surface area contributed by atoms with E-state index < -0.39 is 17.8 Å². The molecular formula is C16H16FNO3. The number of benzene rings is 1. The van der Waals surface area contributed by atoms with Gasteiger partial charge in [-0.3, -0.25) is 9.59 Å². The molecule has 2 N–H and O–H groups in total. The largest absolute Gasteiger partial charge is 0.481 e. The van der Waals surface area contributed by atoms with E-state index in [0.29, 0.717) is 29.3 Å². The number of carboxylic acid groups (broad SMARTS) is 1. The zero-order chi connectivity index (χ0) is 15.1. The normalized spacial score (nSPS) is 25.3. The van der Waals surface area contributed by atoms with Crippen molar-refractivity contribution in [2.45, 2.75) is 19.8 Å². The van der Waals surface area contributed by atoms with Crippen molar-refractivity contribution in [2.24, 2.45) is 17.8 Å². The maximum atomic E-state index is 13.2. The van der Waals surface area contributed by atoms with Crippen LogP contribution in [0, 0.1) is 23.6 Å². The second-order valence-electron chi connectivity index (χ2n) is 5.88. The first-order valence-electron chi connectivity index (χ1n) is 7.01. The Labute approximate surface area is 121 Å². The van der Waals surface area contributed by atoms with Gasteiger partial charge in [-0.05, 0) is 37.0 Å². The van der Waals surface area contributed by atoms with Gasteiger partial charge >= 0.3 is 5.97 Å². The van der Waals surface area contributed by atoms with Crippen molar-refractivity contribution in [2.75, 3.05) is 0 Å². The Morgan fingerprint density at radius 1 is 1.29 bits per heavy atom. The summed E-state index contributed by atoms with van der Waals surface area (Å²) in [6.07, 6.45) is 2.67. The van der Waals surface area contributed by atoms with Gasteiger partial charge in [-0.25, -0.2) is 4.39 Å². The van der Waals surface area contributed by atoms with Crippen molar-refractivity contribution in [3.05, 3.63) is 35.8 Å². The average Bonchev–Trinajstić information content (AvgIpc) is 3.01. The predicted octanol–water partition coefficient (Wildman–Crippen LogP) is 3.24. The highest BCUT2D eigenvalue weighted by Crippen LogP contribution is 2.39. The summed E-state index contributed by atoms with van der Waals surface area (Å²) < 4.78 is 13.2. The molecule has 1 saturated carbocycles. The molecular weight excluding hydrogens is 273 g/mol. The number of nitrogens with one attached hydrogen (secondary N) is 1. The number of Topliss-reactive ketones (excluding diaryl/α,β-unsaturated/α-hetero) is 1. The van der Waals surface area contributed by atoms with Crippen molar-refractivity contribution in [1.29, 1.82) is 0 Å². The number of aromatic nitrogens is 1. The Morgan fingerprint density at radius 2 is 2.00 bits per heavy atom. The monoisotopic (exact) mass is 289 g/mol. The molecule has 110 valence electrons. The van der Waals surface area contributed by atoms with Crippen LogP contribution in [0.15, 0.2) is 24.4 Å². The van der Waals surface area contributed by atoms with Gasteiger partial charge in [0, 0.05) is 28.6 Å². The van der Waals surface area contributed by atoms with E-state index in [-0.39, 0.29) is 17.5 Å². The molecule has 1 aliphatic rings. The molecule has 0 spiro atoms. The molecule has 1 heterocycles. The van der Waals surface area contributed by atoms with Crippen molar-refractivity contribution in [3.63, 3.8) is 0 Å². The van der Waals surface area contributed by atoms with E-state index in [1.165, 1.54) is 12.1 Å². The Morgan fingerprint density at radius 3 is 2.71 bits per heavy atom. The number of aliphatic carboxylic acids is 1. The van der Waals surface area contributed by atoms with Gasteiger partial charge in [-0.1, -0.05) is 6.92 Å². The maximum Gasteiger partial charge on any atom is 0.307 e. The van der Waals surface area contributed by atoms with Crippen LogP contribution in [0.25, 0.3) is 10.9 Å². The van der Waals surface area contributed by atoms with Crippen molar-refractivity contribution >= 4 is 22.7 Å². The molecule has 0 amide bonds. The summed E-state index contributed by atoms with van der Waals surface area (Å²) in [5, 5.41) is 9.93. The van der Waals surface area contributed by atoms with E-state index in [2.05, 4.69) is 4.98 Å². The first kappa shape index (κ1) is 13.8. The lowest BCUT2D eigenvalue weighted by Crippen LogP contribution is -2.25. The predicted molar refractivity (Wildman–Crippen MR) is 75.6 cm³/mol. The minimum Gasteiger partial charge on any atom is -0.481 e. The SMILES string of the molecule is CC1CC(C(=O)O)C(C(=O)c2c[nH]c3cc(F)ccc23)C1. The van der Waals surface area contributed by atoms with Crippen molar-refractivity contribution < 1.29 is 19.1 Å². The molecule has 5 heteroatoms. The van der Waals surface area contributed by atoms with Crippen molar-refractivity contribution in [3.8, 4) is 0 Å². The molecule has 4 nitrogen and oxygen atoms in total. The number of aromatic amines is 1. The highest BCUT2D eigenvalue weighted by molar-refractivity contribution is 6.10. The zero-order valence-corrected chi connectivity index (χ0v) is 11.6. The number of halogens is 1. The second kappa shape index (κ2) is 4.98. The Balaban J connectivity index is 1.98. The summed E-state index contributed by atoms with van der Waals surface area (Å²) >= 11 is 0. The number of H-pyrrole nitrogens is 1. The molecule has 1 aromatic heterocycles. The van der Waals surface area contributed by atoms with Crippen LogP contribution < -0.4 is 0 Å². The smallest absolute Gasteiger partial charge is 0.307 e. The zero-order valence-electron chi connectivity index (χ0n) is 11.6. The summed E-state index contributed by atoms with van der Waals surface area (Å²) in [7, 11) is 0. The molecule has 3 unspecified atom stereocenters. The second-order valence-corrected chi connectivity index (χ2v) is 5.88. The molecule has 0 radical (unpaired) electrons. The van der Waals surface area contributed by atoms with Crippen LogP contribution in [0.1, 0.15) is 30.1 Å². The third-order valence-corrected chi connectivity index (χ3v) is 4.36. The summed E-state index contributed by atoms with van der Waals surface area (Å²) in [5.41, 5.74) is 1.01. The molecule has 1 fully saturated rings. The van der Waals surface area contributed by atoms with Crippen LogP contribution in [0.3, 0.4) is 0 Å². The number of carbonyl (C=O) groups is 2. The van der Waals surface area contributed by atoms with Gasteiger partial charge in [0.05, 0.1) is 5.92 Å². The number of ketones is 1. The lowest BCUT2D eigenvalue weighted by molar-refractivity contribution is -0.142. The molecule has 1 aliphatic carbocycles. The van der Waals surface area contributed by atoms with Crippen LogP contribution in [-0.4, -0.2) is 21.8 Å². The summed E-state index contributed by atoms with van der Waals surface area (Å²) in [5.74, 6) is -2.35. The fourth-order valence-corrected chi connectivity index (χ4v) is 3.36. The lowest BCUT2D eigenvalue weighted by Gasteiger charge is -2.13. The lowest BCUT2D eigenvalue weighted by atomic mass is 9.88. The highest BCUT2D eigenvalue weighted by Gasteiger charge is 2.41. The first-order chi connectivity index (χ1) is 9.97. The minimum absolute atomic E-state index is 0.162. The van der Waals surface area contributed by atoms with Gasteiger partial charge in [0.1, 0.15) is 5.82 Å². The minimum atomic E-state index is -0.913. The van der Waals surface area contributed by atoms with Crippen LogP contribution in [0.2, 0.25) is 0 Å². The third-order valence-electron chi connectivity index (χ3n) is 4.36. The molecule has 1 aromatic carbocycles. The molecule has 3 rings (SSSR count). The fourth-order valence-electron chi connectivity index (χ4n) is 3.36. The van der Waals surface area contributed by atoms with Crippen LogP contribution in [0.5, 0.6) is 0 Å². The maximum absolute atomic E-state index is 13.2. The third kappa shape index (κ3) is 2.33. The van der Waals surface area contributed by atoms with E-state index in [1.54, 1.807) is 12.3 Å². The number of rotatable bonds is 3. The summed E-state index contributed by atoms with van der Waals surface area (Å²) in [6.45, 7) is 1.97. The van der Waals surface area contributed by atoms with Gasteiger partial charge in [0.15, 0.2) is 5.78 Å². The van der Waals surface area contributed by atoms with E-state index in [0.717, 1.165) is 0 Å². The van der Waals surface area contributed by atoms with Crippen LogP contribution >= 0.6 is 0 Å². The van der Waals surface area contributed by atoms with Gasteiger partial charge in [-0.15, -0.1) is 0 Å². The number of hydrogen-bond acceptors (Lipinski definition) is 2. The van der Waals surface area contributed by atoms with Gasteiger partial charge in [0.25, 0.3) is 0 Å². The fraction of sp³-hybridized carbons (Fsp3) is 0.375. The Kier molecular flexibility index (Phi) is 3.27. The number of hydrogen-bond donors (Lipinski definition) is 2. The topological polar surface area (TPSA) is 70.2 Å². The average molecular weight is 289 g/mol. The van der Waals surface area contributed by atoms with Crippen LogP contribution in [-0.2, 0) is 4.79 Å². The highest BCUT2D eigenvalue weighted by atomic mass is 19.1. The molecule has 0 bridgehead atoms. The van der Waals surface area contributed by atoms with Crippen molar-refractivity contribution in [1.82, 2.24) is 4.98 Å². The molecule has 2 aromatic rings. The van der Waals surface area contributed by atoms with Gasteiger partial charge in [-0.2, -0.15) is 0 Å². The standard InChI is InChI=1S/C16H16FNO3/c1-8-4-11(12(5-8)16(20)21)15(19)13-7-18-14-6-9(17)2-3-10(13)14/h2-3,6-8,11-12,18H,4-5H2,1H3,(H,20,21). The molecule has 0 aliphatic heterocycles. The van der Waals surface area contributed by atoms with Gasteiger partial charge < -0.3 is 10.1 Å². The quantitative estimate of drug-likeness (QED) is 0.852. The van der Waals surface area contributed by atoms with E-state index >= 15 is 0 Å². The summed E-state index contributed by atoms with van der Waals surface area (Å²) in [4.78, 5) is 26.9. The Bertz CT molecular complexity index is 721. The summed E-state index contributed by atoms with van der Waals surface area (Å²) in [6, 6.07) is 4.19. The first-order valence-corrected chi connectivity index (χ1v) is 7.01. The molecule has 3 atom stereocenters. The molecule has 21 heavy (non-hydrogen) atoms. The Hall–Kier alpha value is -2.17. The number of fused-ring (bicyclic) bond motifs is 1. The van der Waals surface area contributed by atoms with E-state index in [4.69, 9.17) is 0 Å². The van der Waals surface area contributed by atoms with Gasteiger partial charge in [0.2, 0.25) is 0 Å². The number of carbonyl (C=O) groups excluding carboxylic acids is 1. The van der Waals surface area contributed by atoms with E-state index in [1.807, 2.05) is 6.92 Å². The van der Waals surface area contributed by atoms with E-state index in [9.17, 15) is 19.1 Å². The number of carboxylic acids is 1.